The molecule has 1 atom stereocenters. The highest BCUT2D eigenvalue weighted by atomic mass is 16.6. The van der Waals surface area contributed by atoms with Crippen LogP contribution in [0.2, 0.25) is 0 Å². The zero-order valence-electron chi connectivity index (χ0n) is 15.8. The SMILES string of the molecule is CN(CC(Nc1ncnc2c(C(N)=O)cccc12)c1cccc([N+](=O)[O-])c1)C(=O)O. The third kappa shape index (κ3) is 4.24. The molecule has 3 rings (SSSR count). The first-order chi connectivity index (χ1) is 14.3. The number of amides is 2. The predicted octanol–water partition coefficient (Wildman–Crippen LogP) is 2.40. The van der Waals surface area contributed by atoms with Gasteiger partial charge in [0.2, 0.25) is 0 Å². The van der Waals surface area contributed by atoms with Crippen LogP contribution in [-0.4, -0.2) is 50.5 Å². The summed E-state index contributed by atoms with van der Waals surface area (Å²) < 4.78 is 0. The number of fused-ring (bicyclic) bond motifs is 1. The van der Waals surface area contributed by atoms with Gasteiger partial charge in [0, 0.05) is 31.1 Å². The number of non-ortho nitro benzene ring substituents is 1. The molecule has 1 heterocycles. The summed E-state index contributed by atoms with van der Waals surface area (Å²) in [5, 5.41) is 24.1. The van der Waals surface area contributed by atoms with Gasteiger partial charge in [-0.3, -0.25) is 14.9 Å². The standard InChI is InChI=1S/C19H18N6O5/c1-24(19(27)28)9-15(11-4-2-5-12(8-11)25(29)30)23-18-14-7-3-6-13(17(20)26)16(14)21-10-22-18/h2-8,10,15H,9H2,1H3,(H2,20,26)(H,27,28)(H,21,22,23). The maximum Gasteiger partial charge on any atom is 0.407 e. The number of nitrogens with two attached hydrogens (primary N) is 1. The lowest BCUT2D eigenvalue weighted by molar-refractivity contribution is -0.384. The molecule has 0 radical (unpaired) electrons. The number of benzene rings is 2. The monoisotopic (exact) mass is 410 g/mol. The zero-order valence-corrected chi connectivity index (χ0v) is 15.8. The van der Waals surface area contributed by atoms with Gasteiger partial charge in [-0.15, -0.1) is 0 Å². The van der Waals surface area contributed by atoms with Gasteiger partial charge in [-0.05, 0) is 17.7 Å². The van der Waals surface area contributed by atoms with Gasteiger partial charge in [-0.25, -0.2) is 14.8 Å². The third-order valence-corrected chi connectivity index (χ3v) is 4.51. The average Bonchev–Trinajstić information content (AvgIpc) is 2.72. The molecule has 154 valence electrons. The minimum atomic E-state index is -1.16. The molecular formula is C19H18N6O5. The molecule has 2 aromatic carbocycles. The Kier molecular flexibility index (Phi) is 5.72. The summed E-state index contributed by atoms with van der Waals surface area (Å²) in [7, 11) is 1.39. The second-order valence-electron chi connectivity index (χ2n) is 6.50. The Morgan fingerprint density at radius 2 is 2.00 bits per heavy atom. The Morgan fingerprint density at radius 1 is 1.27 bits per heavy atom. The van der Waals surface area contributed by atoms with Crippen LogP contribution in [0, 0.1) is 10.1 Å². The van der Waals surface area contributed by atoms with Gasteiger partial charge in [0.1, 0.15) is 12.1 Å². The number of nitro benzene ring substituents is 1. The molecule has 4 N–H and O–H groups in total. The highest BCUT2D eigenvalue weighted by Gasteiger charge is 2.21. The molecule has 0 saturated carbocycles. The van der Waals surface area contributed by atoms with E-state index in [2.05, 4.69) is 15.3 Å². The Balaban J connectivity index is 2.06. The summed E-state index contributed by atoms with van der Waals surface area (Å²) in [4.78, 5) is 43.0. The van der Waals surface area contributed by atoms with E-state index in [1.54, 1.807) is 18.2 Å². The van der Waals surface area contributed by atoms with E-state index in [-0.39, 0.29) is 17.8 Å². The lowest BCUT2D eigenvalue weighted by atomic mass is 10.0. The number of hydrogen-bond acceptors (Lipinski definition) is 7. The summed E-state index contributed by atoms with van der Waals surface area (Å²) in [6, 6.07) is 10.1. The average molecular weight is 410 g/mol. The molecule has 0 spiro atoms. The first kappa shape index (κ1) is 20.5. The molecule has 30 heavy (non-hydrogen) atoms. The lowest BCUT2D eigenvalue weighted by Crippen LogP contribution is -2.32. The molecule has 11 heteroatoms. The number of rotatable bonds is 7. The van der Waals surface area contributed by atoms with E-state index >= 15 is 0 Å². The maximum atomic E-state index is 11.7. The van der Waals surface area contributed by atoms with Gasteiger partial charge in [0.15, 0.2) is 0 Å². The van der Waals surface area contributed by atoms with E-state index in [1.165, 1.54) is 37.6 Å². The summed E-state index contributed by atoms with van der Waals surface area (Å²) in [6.07, 6.45) is 0.0958. The first-order valence-electron chi connectivity index (χ1n) is 8.76. The van der Waals surface area contributed by atoms with Crippen LogP contribution in [0.15, 0.2) is 48.8 Å². The number of hydrogen-bond donors (Lipinski definition) is 3. The quantitative estimate of drug-likeness (QED) is 0.394. The van der Waals surface area contributed by atoms with Crippen LogP contribution < -0.4 is 11.1 Å². The highest BCUT2D eigenvalue weighted by Crippen LogP contribution is 2.28. The van der Waals surface area contributed by atoms with Gasteiger partial charge >= 0.3 is 6.09 Å². The molecular weight excluding hydrogens is 392 g/mol. The van der Waals surface area contributed by atoms with Crippen molar-refractivity contribution in [3.8, 4) is 0 Å². The van der Waals surface area contributed by atoms with Crippen molar-refractivity contribution in [2.45, 2.75) is 6.04 Å². The summed E-state index contributed by atoms with van der Waals surface area (Å²) in [6.45, 7) is -0.0164. The summed E-state index contributed by atoms with van der Waals surface area (Å²) >= 11 is 0. The fourth-order valence-corrected chi connectivity index (χ4v) is 3.01. The van der Waals surface area contributed by atoms with Crippen molar-refractivity contribution < 1.29 is 19.6 Å². The number of aromatic nitrogens is 2. The van der Waals surface area contributed by atoms with Crippen molar-refractivity contribution in [1.82, 2.24) is 14.9 Å². The second kappa shape index (κ2) is 8.39. The number of para-hydroxylation sites is 1. The van der Waals surface area contributed by atoms with Crippen LogP contribution in [0.1, 0.15) is 22.0 Å². The van der Waals surface area contributed by atoms with Gasteiger partial charge in [-0.2, -0.15) is 0 Å². The molecule has 0 aliphatic heterocycles. The van der Waals surface area contributed by atoms with Crippen molar-refractivity contribution >= 4 is 34.4 Å². The van der Waals surface area contributed by atoms with Crippen molar-refractivity contribution in [2.75, 3.05) is 18.9 Å². The van der Waals surface area contributed by atoms with Gasteiger partial charge in [0.05, 0.1) is 22.0 Å². The minimum absolute atomic E-state index is 0.0164. The van der Waals surface area contributed by atoms with E-state index in [0.717, 1.165) is 4.90 Å². The summed E-state index contributed by atoms with van der Waals surface area (Å²) in [5.74, 6) is -0.315. The normalized spacial score (nSPS) is 11.6. The number of nitrogens with zero attached hydrogens (tertiary/aromatic N) is 4. The largest absolute Gasteiger partial charge is 0.465 e. The number of nitrogens with one attached hydrogen (secondary N) is 1. The van der Waals surface area contributed by atoms with E-state index in [0.29, 0.717) is 22.3 Å². The molecule has 2 amide bonds. The van der Waals surface area contributed by atoms with Crippen LogP contribution >= 0.6 is 0 Å². The van der Waals surface area contributed by atoms with Crippen molar-refractivity contribution in [3.63, 3.8) is 0 Å². The predicted molar refractivity (Wildman–Crippen MR) is 108 cm³/mol. The highest BCUT2D eigenvalue weighted by molar-refractivity contribution is 6.06. The van der Waals surface area contributed by atoms with E-state index in [9.17, 15) is 24.8 Å². The minimum Gasteiger partial charge on any atom is -0.465 e. The Bertz CT molecular complexity index is 1140. The topological polar surface area (TPSA) is 165 Å². The smallest absolute Gasteiger partial charge is 0.407 e. The first-order valence-corrected chi connectivity index (χ1v) is 8.76. The van der Waals surface area contributed by atoms with Gasteiger partial charge in [-0.1, -0.05) is 18.2 Å². The molecule has 3 aromatic rings. The van der Waals surface area contributed by atoms with Crippen molar-refractivity contribution in [2.24, 2.45) is 5.73 Å². The van der Waals surface area contributed by atoms with Gasteiger partial charge in [0.25, 0.3) is 11.6 Å². The zero-order chi connectivity index (χ0) is 21.8. The Labute approximate surface area is 170 Å². The van der Waals surface area contributed by atoms with Crippen LogP contribution in [0.3, 0.4) is 0 Å². The fourth-order valence-electron chi connectivity index (χ4n) is 3.01. The number of carbonyl (C=O) groups is 2. The number of likely N-dealkylation sites (N-methyl/N-ethyl adjacent to an activating group) is 1. The van der Waals surface area contributed by atoms with Crippen molar-refractivity contribution in [1.29, 1.82) is 0 Å². The lowest BCUT2D eigenvalue weighted by Gasteiger charge is -2.24. The van der Waals surface area contributed by atoms with Crippen LogP contribution in [-0.2, 0) is 0 Å². The number of carboxylic acid groups (broad SMARTS) is 1. The second-order valence-corrected chi connectivity index (χ2v) is 6.50. The molecule has 11 nitrogen and oxygen atoms in total. The molecule has 1 aromatic heterocycles. The maximum absolute atomic E-state index is 11.7. The van der Waals surface area contributed by atoms with E-state index in [4.69, 9.17) is 5.73 Å². The fraction of sp³-hybridized carbons (Fsp3) is 0.158. The molecule has 0 bridgehead atoms. The van der Waals surface area contributed by atoms with E-state index in [1.807, 2.05) is 0 Å². The Hall–Kier alpha value is -4.28. The van der Waals surface area contributed by atoms with E-state index < -0.39 is 23.0 Å². The number of primary amides is 1. The van der Waals surface area contributed by atoms with Crippen molar-refractivity contribution in [3.05, 3.63) is 70.0 Å². The van der Waals surface area contributed by atoms with Crippen LogP contribution in [0.5, 0.6) is 0 Å². The summed E-state index contributed by atoms with van der Waals surface area (Å²) in [5.41, 5.74) is 6.34. The van der Waals surface area contributed by atoms with Crippen LogP contribution in [0.4, 0.5) is 16.3 Å². The molecule has 0 aliphatic carbocycles. The molecule has 0 saturated heterocycles. The van der Waals surface area contributed by atoms with Crippen LogP contribution in [0.25, 0.3) is 10.9 Å². The number of carbonyl (C=O) groups excluding carboxylic acids is 1. The molecule has 1 unspecified atom stereocenters. The molecule has 0 aliphatic rings. The third-order valence-electron chi connectivity index (χ3n) is 4.51. The molecule has 0 fully saturated rings. The number of anilines is 1. The number of nitro groups is 1. The Morgan fingerprint density at radius 3 is 2.67 bits per heavy atom. The van der Waals surface area contributed by atoms with Gasteiger partial charge < -0.3 is 21.1 Å².